The highest BCUT2D eigenvalue weighted by molar-refractivity contribution is 7.14. The van der Waals surface area contributed by atoms with Gasteiger partial charge < -0.3 is 10.1 Å². The topological polar surface area (TPSA) is 118 Å². The molecule has 1 aliphatic rings. The van der Waals surface area contributed by atoms with Crippen LogP contribution in [-0.2, 0) is 14.3 Å². The minimum atomic E-state index is -0.750. The van der Waals surface area contributed by atoms with Crippen molar-refractivity contribution in [2.24, 2.45) is 0 Å². The van der Waals surface area contributed by atoms with Crippen LogP contribution in [0.2, 0.25) is 0 Å². The quantitative estimate of drug-likeness (QED) is 0.190. The van der Waals surface area contributed by atoms with Gasteiger partial charge in [0.05, 0.1) is 23.0 Å². The van der Waals surface area contributed by atoms with E-state index in [1.54, 1.807) is 38.1 Å². The lowest BCUT2D eigenvalue weighted by Crippen LogP contribution is -2.32. The van der Waals surface area contributed by atoms with Crippen molar-refractivity contribution in [1.29, 1.82) is 0 Å². The number of halogens is 1. The number of imide groups is 1. The molecular weight excluding hydrogens is 564 g/mol. The summed E-state index contributed by atoms with van der Waals surface area (Å²) in [6.45, 7) is 3.44. The summed E-state index contributed by atoms with van der Waals surface area (Å²) < 4.78 is 5.21. The number of amides is 3. The Morgan fingerprint density at radius 3 is 2.41 bits per heavy atom. The van der Waals surface area contributed by atoms with Crippen molar-refractivity contribution < 1.29 is 23.9 Å². The molecule has 0 aliphatic carbocycles. The van der Waals surface area contributed by atoms with Gasteiger partial charge in [0.15, 0.2) is 5.13 Å². The van der Waals surface area contributed by atoms with Gasteiger partial charge in [0.25, 0.3) is 17.7 Å². The second kappa shape index (κ2) is 11.7. The first kappa shape index (κ1) is 27.8. The number of nitrogens with one attached hydrogen (secondary N) is 2. The molecule has 41 heavy (non-hydrogen) atoms. The molecule has 206 valence electrons. The fourth-order valence-electron chi connectivity index (χ4n) is 4.02. The van der Waals surface area contributed by atoms with Crippen molar-refractivity contribution >= 4 is 63.1 Å². The number of aromatic nitrogens is 1. The minimum Gasteiger partial charge on any atom is -0.459 e. The SMILES string of the molecule is CC(C)OC(=O)c1cccc(N2C(=O)C(Cl)=C(Nc3cccc(C(=O)Nc4nc(-c5ccccc5)cs4)c3)C2=O)c1. The molecule has 0 atom stereocenters. The summed E-state index contributed by atoms with van der Waals surface area (Å²) >= 11 is 7.58. The number of nitrogens with zero attached hydrogens (tertiary/aromatic N) is 2. The predicted molar refractivity (Wildman–Crippen MR) is 158 cm³/mol. The number of benzene rings is 3. The van der Waals surface area contributed by atoms with Crippen LogP contribution in [0.3, 0.4) is 0 Å². The van der Waals surface area contributed by atoms with E-state index in [1.165, 1.54) is 35.6 Å². The molecule has 1 aliphatic heterocycles. The van der Waals surface area contributed by atoms with E-state index in [0.717, 1.165) is 16.2 Å². The third kappa shape index (κ3) is 6.03. The summed E-state index contributed by atoms with van der Waals surface area (Å²) in [6, 6.07) is 22.0. The third-order valence-electron chi connectivity index (χ3n) is 5.90. The maximum atomic E-state index is 13.3. The first-order valence-corrected chi connectivity index (χ1v) is 13.8. The van der Waals surface area contributed by atoms with Crippen LogP contribution in [-0.4, -0.2) is 34.8 Å². The van der Waals surface area contributed by atoms with Gasteiger partial charge in [0.1, 0.15) is 10.7 Å². The van der Waals surface area contributed by atoms with Gasteiger partial charge in [-0.05, 0) is 50.2 Å². The Morgan fingerprint density at radius 2 is 1.66 bits per heavy atom. The molecule has 0 saturated carbocycles. The largest absolute Gasteiger partial charge is 0.459 e. The number of carbonyl (C=O) groups excluding carboxylic acids is 4. The zero-order valence-corrected chi connectivity index (χ0v) is 23.5. The monoisotopic (exact) mass is 586 g/mol. The van der Waals surface area contributed by atoms with Crippen molar-refractivity contribution in [3.8, 4) is 11.3 Å². The van der Waals surface area contributed by atoms with Gasteiger partial charge in [-0.3, -0.25) is 19.7 Å². The lowest BCUT2D eigenvalue weighted by atomic mass is 10.2. The standard InChI is InChI=1S/C30H23ClN4O5S/c1-17(2)40-29(39)20-11-7-13-22(15-20)35-27(37)24(31)25(28(35)38)32-21-12-6-10-19(14-21)26(36)34-30-33-23(16-41-30)18-8-4-3-5-9-18/h3-17,32H,1-2H3,(H,33,34,36). The fourth-order valence-corrected chi connectivity index (χ4v) is 4.95. The van der Waals surface area contributed by atoms with E-state index < -0.39 is 23.7 Å². The molecule has 3 aromatic carbocycles. The average Bonchev–Trinajstić information content (AvgIpc) is 3.51. The molecule has 9 nitrogen and oxygen atoms in total. The highest BCUT2D eigenvalue weighted by atomic mass is 35.5. The average molecular weight is 587 g/mol. The Morgan fingerprint density at radius 1 is 0.927 bits per heavy atom. The molecule has 11 heteroatoms. The van der Waals surface area contributed by atoms with Crippen LogP contribution < -0.4 is 15.5 Å². The number of hydrogen-bond donors (Lipinski definition) is 2. The molecule has 0 unspecified atom stereocenters. The lowest BCUT2D eigenvalue weighted by molar-refractivity contribution is -0.120. The molecule has 0 radical (unpaired) electrons. The number of carbonyl (C=O) groups is 4. The zero-order chi connectivity index (χ0) is 29.1. The normalized spacial score (nSPS) is 13.1. The fraction of sp³-hybridized carbons (Fsp3) is 0.100. The number of anilines is 3. The third-order valence-corrected chi connectivity index (χ3v) is 7.01. The Bertz CT molecular complexity index is 1700. The van der Waals surface area contributed by atoms with Gasteiger partial charge in [0, 0.05) is 22.2 Å². The summed E-state index contributed by atoms with van der Waals surface area (Å²) in [5, 5.41) is 7.62. The van der Waals surface area contributed by atoms with Gasteiger partial charge >= 0.3 is 5.97 Å². The summed E-state index contributed by atoms with van der Waals surface area (Å²) in [7, 11) is 0. The lowest BCUT2D eigenvalue weighted by Gasteiger charge is -2.16. The molecule has 0 saturated heterocycles. The first-order valence-electron chi connectivity index (χ1n) is 12.5. The summed E-state index contributed by atoms with van der Waals surface area (Å²) in [5.74, 6) is -2.44. The molecule has 5 rings (SSSR count). The zero-order valence-electron chi connectivity index (χ0n) is 21.9. The van der Waals surface area contributed by atoms with Crippen LogP contribution in [0.1, 0.15) is 34.6 Å². The Hall–Kier alpha value is -4.80. The number of thiazole rings is 1. The number of esters is 1. The second-order valence-electron chi connectivity index (χ2n) is 9.20. The molecule has 4 aromatic rings. The van der Waals surface area contributed by atoms with Crippen molar-refractivity contribution in [2.75, 3.05) is 15.5 Å². The Balaban J connectivity index is 1.30. The predicted octanol–water partition coefficient (Wildman–Crippen LogP) is 6.06. The molecule has 2 N–H and O–H groups in total. The van der Waals surface area contributed by atoms with Crippen LogP contribution >= 0.6 is 22.9 Å². The number of ether oxygens (including phenoxy) is 1. The number of hydrogen-bond acceptors (Lipinski definition) is 8. The maximum absolute atomic E-state index is 13.3. The molecule has 1 aromatic heterocycles. The van der Waals surface area contributed by atoms with Crippen molar-refractivity contribution in [1.82, 2.24) is 4.98 Å². The number of rotatable bonds is 8. The van der Waals surface area contributed by atoms with E-state index in [-0.39, 0.29) is 28.1 Å². The highest BCUT2D eigenvalue weighted by Crippen LogP contribution is 2.31. The van der Waals surface area contributed by atoms with Gasteiger partial charge in [-0.15, -0.1) is 11.3 Å². The molecule has 2 heterocycles. The molecule has 0 fully saturated rings. The van der Waals surface area contributed by atoms with E-state index in [0.29, 0.717) is 16.4 Å². The van der Waals surface area contributed by atoms with Gasteiger partial charge in [0.2, 0.25) is 0 Å². The molecule has 0 bridgehead atoms. The molecule has 0 spiro atoms. The van der Waals surface area contributed by atoms with Crippen molar-refractivity contribution in [3.63, 3.8) is 0 Å². The molecular formula is C30H23ClN4O5S. The Kier molecular flexibility index (Phi) is 7.95. The first-order chi connectivity index (χ1) is 19.7. The van der Waals surface area contributed by atoms with Crippen LogP contribution in [0.4, 0.5) is 16.5 Å². The van der Waals surface area contributed by atoms with E-state index in [1.807, 2.05) is 35.7 Å². The van der Waals surface area contributed by atoms with Crippen LogP contribution in [0, 0.1) is 0 Å². The van der Waals surface area contributed by atoms with Gasteiger partial charge in [-0.1, -0.05) is 54.1 Å². The van der Waals surface area contributed by atoms with Crippen LogP contribution in [0.15, 0.2) is 95.0 Å². The summed E-state index contributed by atoms with van der Waals surface area (Å²) in [4.78, 5) is 56.8. The van der Waals surface area contributed by atoms with Gasteiger partial charge in [-0.25, -0.2) is 14.7 Å². The van der Waals surface area contributed by atoms with E-state index in [9.17, 15) is 19.2 Å². The van der Waals surface area contributed by atoms with Crippen LogP contribution in [0.25, 0.3) is 11.3 Å². The van der Waals surface area contributed by atoms with Gasteiger partial charge in [-0.2, -0.15) is 0 Å². The molecule has 3 amide bonds. The maximum Gasteiger partial charge on any atom is 0.338 e. The highest BCUT2D eigenvalue weighted by Gasteiger charge is 2.39. The minimum absolute atomic E-state index is 0.156. The van der Waals surface area contributed by atoms with Crippen molar-refractivity contribution in [2.45, 2.75) is 20.0 Å². The van der Waals surface area contributed by atoms with E-state index in [2.05, 4.69) is 15.6 Å². The Labute approximate surface area is 244 Å². The van der Waals surface area contributed by atoms with E-state index in [4.69, 9.17) is 16.3 Å². The second-order valence-corrected chi connectivity index (χ2v) is 10.4. The van der Waals surface area contributed by atoms with Crippen molar-refractivity contribution in [3.05, 3.63) is 106 Å². The smallest absolute Gasteiger partial charge is 0.338 e. The summed E-state index contributed by atoms with van der Waals surface area (Å²) in [5.41, 5.74) is 2.55. The summed E-state index contributed by atoms with van der Waals surface area (Å²) in [6.07, 6.45) is -0.334. The van der Waals surface area contributed by atoms with Crippen LogP contribution in [0.5, 0.6) is 0 Å². The van der Waals surface area contributed by atoms with E-state index >= 15 is 0 Å².